The molecule has 4 unspecified atom stereocenters. The Morgan fingerprint density at radius 3 is 2.86 bits per heavy atom. The van der Waals surface area contributed by atoms with Crippen LogP contribution in [0, 0.1) is 11.3 Å². The molecule has 156 valence electrons. The predicted molar refractivity (Wildman–Crippen MR) is 112 cm³/mol. The van der Waals surface area contributed by atoms with Gasteiger partial charge < -0.3 is 19.6 Å². The van der Waals surface area contributed by atoms with Crippen LogP contribution in [0.3, 0.4) is 0 Å². The number of benzene rings is 1. The van der Waals surface area contributed by atoms with E-state index in [9.17, 15) is 0 Å². The maximum absolute atomic E-state index is 9.15. The van der Waals surface area contributed by atoms with Gasteiger partial charge in [-0.3, -0.25) is 0 Å². The first-order valence-electron chi connectivity index (χ1n) is 10.8. The summed E-state index contributed by atoms with van der Waals surface area (Å²) in [4.78, 5) is 5.29. The highest BCUT2D eigenvalue weighted by Crippen LogP contribution is 2.62. The Morgan fingerprint density at radius 2 is 2.14 bits per heavy atom. The lowest BCUT2D eigenvalue weighted by molar-refractivity contribution is 0.218. The van der Waals surface area contributed by atoms with Gasteiger partial charge in [0.2, 0.25) is 0 Å². The van der Waals surface area contributed by atoms with Crippen LogP contribution in [0.1, 0.15) is 52.7 Å². The minimum absolute atomic E-state index is 0.113. The Bertz CT molecular complexity index is 912. The number of aliphatic hydroxyl groups excluding tert-OH is 1. The van der Waals surface area contributed by atoms with Gasteiger partial charge in [-0.1, -0.05) is 18.6 Å². The van der Waals surface area contributed by atoms with Crippen molar-refractivity contribution in [3.05, 3.63) is 30.1 Å². The highest BCUT2D eigenvalue weighted by Gasteiger charge is 2.62. The molecular formula is C22H31N5O2. The molecule has 7 nitrogen and oxygen atoms in total. The first kappa shape index (κ1) is 18.7. The van der Waals surface area contributed by atoms with Crippen LogP contribution in [-0.4, -0.2) is 38.3 Å². The van der Waals surface area contributed by atoms with E-state index >= 15 is 0 Å². The van der Waals surface area contributed by atoms with Gasteiger partial charge >= 0.3 is 0 Å². The summed E-state index contributed by atoms with van der Waals surface area (Å²) in [6.07, 6.45) is 6.12. The molecule has 1 N–H and O–H groups in total. The summed E-state index contributed by atoms with van der Waals surface area (Å²) in [7, 11) is 0. The monoisotopic (exact) mass is 397 g/mol. The van der Waals surface area contributed by atoms with E-state index in [0.717, 1.165) is 11.7 Å². The number of aromatic nitrogens is 3. The molecule has 1 saturated carbocycles. The molecule has 1 aromatic carbocycles. The summed E-state index contributed by atoms with van der Waals surface area (Å²) in [5.74, 6) is 1.59. The zero-order valence-corrected chi connectivity index (χ0v) is 17.7. The van der Waals surface area contributed by atoms with Crippen LogP contribution in [0.15, 0.2) is 24.4 Å². The summed E-state index contributed by atoms with van der Waals surface area (Å²) < 4.78 is 7.61. The number of rotatable bonds is 5. The molecule has 5 rings (SSSR count). The van der Waals surface area contributed by atoms with Crippen LogP contribution in [0.4, 0.5) is 11.4 Å². The number of hydrogen-bond donors (Lipinski definition) is 1. The molecule has 0 spiro atoms. The Morgan fingerprint density at radius 1 is 1.31 bits per heavy atom. The van der Waals surface area contributed by atoms with Crippen LogP contribution >= 0.6 is 0 Å². The van der Waals surface area contributed by atoms with Crippen LogP contribution < -0.4 is 14.5 Å². The lowest BCUT2D eigenvalue weighted by atomic mass is 9.77. The van der Waals surface area contributed by atoms with E-state index in [1.165, 1.54) is 30.6 Å². The molecule has 4 atom stereocenters. The summed E-state index contributed by atoms with van der Waals surface area (Å²) in [6, 6.07) is 7.44. The fourth-order valence-electron chi connectivity index (χ4n) is 6.19. The van der Waals surface area contributed by atoms with Crippen molar-refractivity contribution in [1.82, 2.24) is 15.0 Å². The van der Waals surface area contributed by atoms with Crippen LogP contribution in [0.25, 0.3) is 0 Å². The van der Waals surface area contributed by atoms with Gasteiger partial charge in [0.25, 0.3) is 0 Å². The van der Waals surface area contributed by atoms with E-state index in [1.807, 2.05) is 0 Å². The molecule has 0 bridgehead atoms. The molecule has 29 heavy (non-hydrogen) atoms. The van der Waals surface area contributed by atoms with E-state index < -0.39 is 0 Å². The average molecular weight is 398 g/mol. The Labute approximate surface area is 172 Å². The number of hydrogen-bond acceptors (Lipinski definition) is 6. The predicted octanol–water partition coefficient (Wildman–Crippen LogP) is 3.38. The lowest BCUT2D eigenvalue weighted by Gasteiger charge is -2.40. The number of ether oxygens (including phenoxy) is 1. The van der Waals surface area contributed by atoms with Crippen molar-refractivity contribution < 1.29 is 9.84 Å². The molecule has 1 aliphatic carbocycles. The SMILES string of the molecule is CC(C)N1c2ccc(OCn3cc(CO)nn3)cc2N2C(C)C3CCCC3(C)C12. The van der Waals surface area contributed by atoms with Gasteiger partial charge in [-0.25, -0.2) is 4.68 Å². The van der Waals surface area contributed by atoms with Crippen LogP contribution in [0.5, 0.6) is 5.75 Å². The largest absolute Gasteiger partial charge is 0.471 e. The highest BCUT2D eigenvalue weighted by atomic mass is 16.5. The van der Waals surface area contributed by atoms with Gasteiger partial charge in [-0.2, -0.15) is 0 Å². The molecule has 1 saturated heterocycles. The molecule has 3 aliphatic rings. The minimum Gasteiger partial charge on any atom is -0.471 e. The number of anilines is 2. The second kappa shape index (κ2) is 6.62. The van der Waals surface area contributed by atoms with Crippen molar-refractivity contribution >= 4 is 11.4 Å². The Hall–Kier alpha value is -2.28. The maximum Gasteiger partial charge on any atom is 0.182 e. The molecule has 3 heterocycles. The van der Waals surface area contributed by atoms with Gasteiger partial charge in [0, 0.05) is 23.6 Å². The Balaban J connectivity index is 1.46. The lowest BCUT2D eigenvalue weighted by Crippen LogP contribution is -2.51. The molecular weight excluding hydrogens is 366 g/mol. The standard InChI is InChI=1S/C22H31N5O2/c1-14(2)26-19-8-7-17(29-13-25-11-16(12-28)23-24-25)10-20(19)27-15(3)18-6-5-9-22(18,4)21(26)27/h7-8,10-11,14-15,18,21,28H,5-6,9,12-13H2,1-4H3. The van der Waals surface area contributed by atoms with Crippen molar-refractivity contribution in [2.24, 2.45) is 11.3 Å². The van der Waals surface area contributed by atoms with E-state index in [1.54, 1.807) is 10.9 Å². The summed E-state index contributed by atoms with van der Waals surface area (Å²) in [5.41, 5.74) is 3.49. The fraction of sp³-hybridized carbons (Fsp3) is 0.636. The minimum atomic E-state index is -0.113. The fourth-order valence-corrected chi connectivity index (χ4v) is 6.19. The first-order valence-corrected chi connectivity index (χ1v) is 10.8. The zero-order chi connectivity index (χ0) is 20.3. The second-order valence-electron chi connectivity index (χ2n) is 9.36. The number of fused-ring (bicyclic) bond motifs is 5. The summed E-state index contributed by atoms with van der Waals surface area (Å²) >= 11 is 0. The van der Waals surface area contributed by atoms with Gasteiger partial charge in [-0.15, -0.1) is 5.10 Å². The van der Waals surface area contributed by atoms with Gasteiger partial charge in [0.1, 0.15) is 17.6 Å². The molecule has 2 fully saturated rings. The van der Waals surface area contributed by atoms with Crippen molar-refractivity contribution in [2.45, 2.75) is 78.5 Å². The molecule has 1 aromatic heterocycles. The topological polar surface area (TPSA) is 66.6 Å². The Kier molecular flexibility index (Phi) is 4.28. The van der Waals surface area contributed by atoms with Crippen LogP contribution in [-0.2, 0) is 13.3 Å². The third kappa shape index (κ3) is 2.66. The van der Waals surface area contributed by atoms with Crippen molar-refractivity contribution in [1.29, 1.82) is 0 Å². The van der Waals surface area contributed by atoms with Gasteiger partial charge in [-0.05, 0) is 51.7 Å². The maximum atomic E-state index is 9.15. The smallest absolute Gasteiger partial charge is 0.182 e. The summed E-state index contributed by atoms with van der Waals surface area (Å²) in [6.45, 7) is 9.68. The normalized spacial score (nSPS) is 30.1. The molecule has 2 aliphatic heterocycles. The molecule has 7 heteroatoms. The van der Waals surface area contributed by atoms with Gasteiger partial charge in [0.15, 0.2) is 6.73 Å². The van der Waals surface area contributed by atoms with E-state index in [-0.39, 0.29) is 13.3 Å². The molecule has 0 radical (unpaired) electrons. The van der Waals surface area contributed by atoms with E-state index in [4.69, 9.17) is 9.84 Å². The molecule has 0 amide bonds. The zero-order valence-electron chi connectivity index (χ0n) is 17.7. The second-order valence-corrected chi connectivity index (χ2v) is 9.36. The first-order chi connectivity index (χ1) is 13.9. The third-order valence-corrected chi connectivity index (χ3v) is 7.39. The highest BCUT2D eigenvalue weighted by molar-refractivity contribution is 5.81. The third-order valence-electron chi connectivity index (χ3n) is 7.39. The number of nitrogens with zero attached hydrogens (tertiary/aromatic N) is 5. The van der Waals surface area contributed by atoms with Crippen LogP contribution in [0.2, 0.25) is 0 Å². The van der Waals surface area contributed by atoms with Gasteiger partial charge in [0.05, 0.1) is 24.2 Å². The number of aliphatic hydroxyl groups is 1. The summed E-state index contributed by atoms with van der Waals surface area (Å²) in [5, 5.41) is 17.0. The van der Waals surface area contributed by atoms with Crippen molar-refractivity contribution in [2.75, 3.05) is 9.80 Å². The quantitative estimate of drug-likeness (QED) is 0.834. The molecule has 2 aromatic rings. The average Bonchev–Trinajstić information content (AvgIpc) is 3.43. The van der Waals surface area contributed by atoms with Crippen molar-refractivity contribution in [3.63, 3.8) is 0 Å². The van der Waals surface area contributed by atoms with Crippen molar-refractivity contribution in [3.8, 4) is 5.75 Å². The van der Waals surface area contributed by atoms with E-state index in [0.29, 0.717) is 29.4 Å². The van der Waals surface area contributed by atoms with E-state index in [2.05, 4.69) is 66.0 Å².